The fourth-order valence-corrected chi connectivity index (χ4v) is 2.56. The van der Waals surface area contributed by atoms with Gasteiger partial charge >= 0.3 is 0 Å². The molecule has 2 nitrogen and oxygen atoms in total. The zero-order valence-corrected chi connectivity index (χ0v) is 13.2. The predicted octanol–water partition coefficient (Wildman–Crippen LogP) is 3.45. The Kier molecular flexibility index (Phi) is 5.64. The summed E-state index contributed by atoms with van der Waals surface area (Å²) >= 11 is 0. The summed E-state index contributed by atoms with van der Waals surface area (Å²) in [4.78, 5) is 2.37. The summed E-state index contributed by atoms with van der Waals surface area (Å²) in [5, 5.41) is 0. The van der Waals surface area contributed by atoms with E-state index in [1.54, 1.807) is 0 Å². The maximum Gasteiger partial charge on any atom is 0.0909 e. The zero-order valence-electron chi connectivity index (χ0n) is 13.2. The lowest BCUT2D eigenvalue weighted by Gasteiger charge is -2.29. The molecule has 0 bridgehead atoms. The van der Waals surface area contributed by atoms with Crippen molar-refractivity contribution < 1.29 is 4.74 Å². The second-order valence-electron chi connectivity index (χ2n) is 5.50. The van der Waals surface area contributed by atoms with Crippen molar-refractivity contribution in [2.45, 2.75) is 6.04 Å². The van der Waals surface area contributed by atoms with Crippen LogP contribution in [0.1, 0.15) is 11.1 Å². The van der Waals surface area contributed by atoms with Gasteiger partial charge in [-0.1, -0.05) is 72.5 Å². The molecular weight excluding hydrogens is 282 g/mol. The second-order valence-corrected chi connectivity index (χ2v) is 5.50. The van der Waals surface area contributed by atoms with Crippen LogP contribution in [0.4, 0.5) is 0 Å². The van der Waals surface area contributed by atoms with Crippen LogP contribution in [-0.4, -0.2) is 37.2 Å². The third kappa shape index (κ3) is 4.82. The normalized spacial score (nSPS) is 16.7. The van der Waals surface area contributed by atoms with Crippen molar-refractivity contribution in [2.75, 3.05) is 26.3 Å². The van der Waals surface area contributed by atoms with Crippen molar-refractivity contribution in [1.82, 2.24) is 4.90 Å². The van der Waals surface area contributed by atoms with Gasteiger partial charge in [-0.2, -0.15) is 0 Å². The summed E-state index contributed by atoms with van der Waals surface area (Å²) in [7, 11) is 0. The fraction of sp³-hybridized carbons (Fsp3) is 0.238. The molecule has 2 aromatic carbocycles. The van der Waals surface area contributed by atoms with Gasteiger partial charge < -0.3 is 4.74 Å². The number of benzene rings is 2. The lowest BCUT2D eigenvalue weighted by molar-refractivity contribution is 0.0344. The van der Waals surface area contributed by atoms with Crippen LogP contribution in [-0.2, 0) is 4.74 Å². The molecule has 0 N–H and O–H groups in total. The van der Waals surface area contributed by atoms with Crippen LogP contribution >= 0.6 is 0 Å². The molecule has 0 spiro atoms. The molecule has 23 heavy (non-hydrogen) atoms. The molecule has 2 heteroatoms. The molecule has 0 saturated carbocycles. The molecule has 0 amide bonds. The number of ether oxygens (including phenoxy) is 1. The van der Waals surface area contributed by atoms with Crippen molar-refractivity contribution in [1.29, 1.82) is 0 Å². The standard InChI is InChI=1S/C21H21NO/c1-3-7-19(8-4-1)11-13-21(22-15-17-23-18-16-22)14-12-20-9-5-2-6-10-20/h1-11,13,21H,15-18H2/b13-11+. The van der Waals surface area contributed by atoms with Crippen molar-refractivity contribution in [3.05, 3.63) is 77.9 Å². The maximum atomic E-state index is 5.46. The minimum atomic E-state index is 0.110. The number of rotatable bonds is 3. The SMILES string of the molecule is C(#CC(/C=C/c1ccccc1)N1CCOCC1)c1ccccc1. The van der Waals surface area contributed by atoms with Gasteiger partial charge in [0.15, 0.2) is 0 Å². The number of hydrogen-bond acceptors (Lipinski definition) is 2. The summed E-state index contributed by atoms with van der Waals surface area (Å²) < 4.78 is 5.46. The van der Waals surface area contributed by atoms with Gasteiger partial charge in [0, 0.05) is 18.7 Å². The highest BCUT2D eigenvalue weighted by atomic mass is 16.5. The Morgan fingerprint density at radius 1 is 0.913 bits per heavy atom. The molecule has 2 aromatic rings. The van der Waals surface area contributed by atoms with E-state index in [1.165, 1.54) is 5.56 Å². The molecule has 1 saturated heterocycles. The number of hydrogen-bond donors (Lipinski definition) is 0. The van der Waals surface area contributed by atoms with Gasteiger partial charge in [-0.05, 0) is 17.7 Å². The van der Waals surface area contributed by atoms with E-state index < -0.39 is 0 Å². The molecule has 3 rings (SSSR count). The van der Waals surface area contributed by atoms with Crippen LogP contribution in [0.2, 0.25) is 0 Å². The molecule has 1 atom stereocenters. The van der Waals surface area contributed by atoms with Crippen LogP contribution in [0, 0.1) is 11.8 Å². The van der Waals surface area contributed by atoms with Crippen LogP contribution in [0.5, 0.6) is 0 Å². The summed E-state index contributed by atoms with van der Waals surface area (Å²) in [6.45, 7) is 3.41. The van der Waals surface area contributed by atoms with E-state index in [9.17, 15) is 0 Å². The van der Waals surface area contributed by atoms with E-state index in [1.807, 2.05) is 36.4 Å². The first-order chi connectivity index (χ1) is 11.4. The molecule has 0 aliphatic carbocycles. The highest BCUT2D eigenvalue weighted by Crippen LogP contribution is 2.09. The lowest BCUT2D eigenvalue weighted by Crippen LogP contribution is -2.42. The Morgan fingerprint density at radius 2 is 1.57 bits per heavy atom. The van der Waals surface area contributed by atoms with Crippen molar-refractivity contribution in [3.63, 3.8) is 0 Å². The molecule has 1 aliphatic heterocycles. The van der Waals surface area contributed by atoms with E-state index in [0.717, 1.165) is 31.9 Å². The molecular formula is C21H21NO. The smallest absolute Gasteiger partial charge is 0.0909 e. The van der Waals surface area contributed by atoms with Gasteiger partial charge in [0.2, 0.25) is 0 Å². The molecule has 1 heterocycles. The van der Waals surface area contributed by atoms with E-state index in [-0.39, 0.29) is 6.04 Å². The molecule has 0 radical (unpaired) electrons. The summed E-state index contributed by atoms with van der Waals surface area (Å²) in [5.74, 6) is 6.70. The number of nitrogens with zero attached hydrogens (tertiary/aromatic N) is 1. The third-order valence-corrected chi connectivity index (χ3v) is 3.85. The first-order valence-corrected chi connectivity index (χ1v) is 8.03. The largest absolute Gasteiger partial charge is 0.379 e. The quantitative estimate of drug-likeness (QED) is 0.805. The van der Waals surface area contributed by atoms with E-state index in [4.69, 9.17) is 4.74 Å². The van der Waals surface area contributed by atoms with Crippen LogP contribution in [0.25, 0.3) is 6.08 Å². The Bertz CT molecular complexity index is 676. The van der Waals surface area contributed by atoms with Gasteiger partial charge in [0.25, 0.3) is 0 Å². The Morgan fingerprint density at radius 3 is 2.26 bits per heavy atom. The highest BCUT2D eigenvalue weighted by Gasteiger charge is 2.16. The molecule has 116 valence electrons. The lowest BCUT2D eigenvalue weighted by atomic mass is 10.1. The van der Waals surface area contributed by atoms with E-state index in [2.05, 4.69) is 53.2 Å². The zero-order chi connectivity index (χ0) is 15.7. The van der Waals surface area contributed by atoms with Crippen molar-refractivity contribution >= 4 is 6.08 Å². The topological polar surface area (TPSA) is 12.5 Å². The first-order valence-electron chi connectivity index (χ1n) is 8.03. The first kappa shape index (κ1) is 15.6. The fourth-order valence-electron chi connectivity index (χ4n) is 2.56. The average molecular weight is 303 g/mol. The van der Waals surface area contributed by atoms with Crippen LogP contribution < -0.4 is 0 Å². The van der Waals surface area contributed by atoms with Crippen LogP contribution in [0.3, 0.4) is 0 Å². The van der Waals surface area contributed by atoms with E-state index >= 15 is 0 Å². The highest BCUT2D eigenvalue weighted by molar-refractivity contribution is 5.51. The summed E-state index contributed by atoms with van der Waals surface area (Å²) in [5.41, 5.74) is 2.26. The number of morpholine rings is 1. The van der Waals surface area contributed by atoms with Gasteiger partial charge in [0.1, 0.15) is 0 Å². The van der Waals surface area contributed by atoms with Gasteiger partial charge in [-0.15, -0.1) is 0 Å². The summed E-state index contributed by atoms with van der Waals surface area (Å²) in [6, 6.07) is 20.6. The molecule has 1 aliphatic rings. The van der Waals surface area contributed by atoms with Crippen LogP contribution in [0.15, 0.2) is 66.7 Å². The summed E-state index contributed by atoms with van der Waals surface area (Å²) in [6.07, 6.45) is 4.34. The predicted molar refractivity (Wildman–Crippen MR) is 95.0 cm³/mol. The Hall–Kier alpha value is -2.34. The van der Waals surface area contributed by atoms with Gasteiger partial charge in [0.05, 0.1) is 19.3 Å². The average Bonchev–Trinajstić information content (AvgIpc) is 2.64. The minimum Gasteiger partial charge on any atom is -0.379 e. The van der Waals surface area contributed by atoms with Gasteiger partial charge in [-0.25, -0.2) is 0 Å². The minimum absolute atomic E-state index is 0.110. The Balaban J connectivity index is 1.79. The third-order valence-electron chi connectivity index (χ3n) is 3.85. The second kappa shape index (κ2) is 8.33. The van der Waals surface area contributed by atoms with Crippen molar-refractivity contribution in [2.24, 2.45) is 0 Å². The molecule has 1 unspecified atom stereocenters. The Labute approximate surface area is 138 Å². The van der Waals surface area contributed by atoms with Gasteiger partial charge in [-0.3, -0.25) is 4.90 Å². The maximum absolute atomic E-state index is 5.46. The van der Waals surface area contributed by atoms with E-state index in [0.29, 0.717) is 0 Å². The monoisotopic (exact) mass is 303 g/mol. The van der Waals surface area contributed by atoms with Crippen molar-refractivity contribution in [3.8, 4) is 11.8 Å². The molecule has 1 fully saturated rings. The molecule has 0 aromatic heterocycles.